The molecule has 2 aromatic rings. The SMILES string of the molecule is C[C@H](NCCO)[C@H](C)C(c1ccccc1)c1ccccc1. The highest BCUT2D eigenvalue weighted by Crippen LogP contribution is 2.33. The summed E-state index contributed by atoms with van der Waals surface area (Å²) < 4.78 is 0. The largest absolute Gasteiger partial charge is 0.395 e. The molecule has 2 N–H and O–H groups in total. The molecule has 112 valence electrons. The average molecular weight is 283 g/mol. The molecule has 0 amide bonds. The summed E-state index contributed by atoms with van der Waals surface area (Å²) in [6.07, 6.45) is 0. The number of hydrogen-bond acceptors (Lipinski definition) is 2. The molecule has 0 aromatic heterocycles. The summed E-state index contributed by atoms with van der Waals surface area (Å²) >= 11 is 0. The number of nitrogens with one attached hydrogen (secondary N) is 1. The highest BCUT2D eigenvalue weighted by atomic mass is 16.3. The molecule has 0 aliphatic heterocycles. The standard InChI is InChI=1S/C19H25NO/c1-15(16(2)20-13-14-21)19(17-9-5-3-6-10-17)18-11-7-4-8-12-18/h3-12,15-16,19-21H,13-14H2,1-2H3/t15-,16-/m0/s1. The molecule has 2 nitrogen and oxygen atoms in total. The van der Waals surface area contributed by atoms with Crippen LogP contribution >= 0.6 is 0 Å². The highest BCUT2D eigenvalue weighted by molar-refractivity contribution is 5.33. The van der Waals surface area contributed by atoms with Crippen molar-refractivity contribution in [1.82, 2.24) is 5.32 Å². The Morgan fingerprint density at radius 1 is 0.857 bits per heavy atom. The van der Waals surface area contributed by atoms with Crippen molar-refractivity contribution in [1.29, 1.82) is 0 Å². The van der Waals surface area contributed by atoms with E-state index in [1.54, 1.807) is 0 Å². The minimum absolute atomic E-state index is 0.179. The smallest absolute Gasteiger partial charge is 0.0556 e. The monoisotopic (exact) mass is 283 g/mol. The fourth-order valence-corrected chi connectivity index (χ4v) is 2.89. The van der Waals surface area contributed by atoms with E-state index in [9.17, 15) is 0 Å². The summed E-state index contributed by atoms with van der Waals surface area (Å²) in [4.78, 5) is 0. The molecule has 2 aromatic carbocycles. The van der Waals surface area contributed by atoms with Crippen molar-refractivity contribution < 1.29 is 5.11 Å². The van der Waals surface area contributed by atoms with E-state index >= 15 is 0 Å². The van der Waals surface area contributed by atoms with Crippen LogP contribution < -0.4 is 5.32 Å². The normalized spacial score (nSPS) is 14.1. The number of benzene rings is 2. The lowest BCUT2D eigenvalue weighted by Crippen LogP contribution is -2.37. The van der Waals surface area contributed by atoms with Gasteiger partial charge in [0.25, 0.3) is 0 Å². The second-order valence-corrected chi connectivity index (χ2v) is 5.62. The van der Waals surface area contributed by atoms with E-state index in [0.717, 1.165) is 0 Å². The molecule has 2 rings (SSSR count). The van der Waals surface area contributed by atoms with Crippen LogP contribution in [-0.4, -0.2) is 24.3 Å². The Hall–Kier alpha value is -1.64. The number of hydrogen-bond donors (Lipinski definition) is 2. The zero-order chi connectivity index (χ0) is 15.1. The van der Waals surface area contributed by atoms with Crippen LogP contribution in [0.15, 0.2) is 60.7 Å². The van der Waals surface area contributed by atoms with Gasteiger partial charge in [-0.25, -0.2) is 0 Å². The van der Waals surface area contributed by atoms with Gasteiger partial charge in [-0.1, -0.05) is 67.6 Å². The van der Waals surface area contributed by atoms with E-state index in [0.29, 0.717) is 24.4 Å². The van der Waals surface area contributed by atoms with Crippen LogP contribution in [0.4, 0.5) is 0 Å². The Labute approximate surface area is 127 Å². The molecule has 0 unspecified atom stereocenters. The Morgan fingerprint density at radius 3 is 1.76 bits per heavy atom. The van der Waals surface area contributed by atoms with Crippen LogP contribution in [0.5, 0.6) is 0 Å². The topological polar surface area (TPSA) is 32.3 Å². The predicted molar refractivity (Wildman–Crippen MR) is 88.4 cm³/mol. The number of rotatable bonds is 7. The fourth-order valence-electron chi connectivity index (χ4n) is 2.89. The fraction of sp³-hybridized carbons (Fsp3) is 0.368. The number of aliphatic hydroxyl groups excluding tert-OH is 1. The molecule has 21 heavy (non-hydrogen) atoms. The van der Waals surface area contributed by atoms with E-state index in [4.69, 9.17) is 5.11 Å². The van der Waals surface area contributed by atoms with Crippen LogP contribution in [0, 0.1) is 5.92 Å². The van der Waals surface area contributed by atoms with Gasteiger partial charge in [0.1, 0.15) is 0 Å². The molecule has 0 heterocycles. The molecule has 0 fully saturated rings. The summed E-state index contributed by atoms with van der Waals surface area (Å²) in [7, 11) is 0. The van der Waals surface area contributed by atoms with Gasteiger partial charge in [0.15, 0.2) is 0 Å². The maximum absolute atomic E-state index is 9.01. The van der Waals surface area contributed by atoms with Gasteiger partial charge >= 0.3 is 0 Å². The van der Waals surface area contributed by atoms with Crippen molar-refractivity contribution in [2.45, 2.75) is 25.8 Å². The van der Waals surface area contributed by atoms with Crippen molar-refractivity contribution in [2.75, 3.05) is 13.2 Å². The molecule has 0 aliphatic rings. The average Bonchev–Trinajstić information content (AvgIpc) is 2.54. The lowest BCUT2D eigenvalue weighted by atomic mass is 9.78. The van der Waals surface area contributed by atoms with E-state index in [-0.39, 0.29) is 6.61 Å². The molecule has 2 atom stereocenters. The van der Waals surface area contributed by atoms with Crippen LogP contribution in [0.2, 0.25) is 0 Å². The molecule has 2 heteroatoms. The van der Waals surface area contributed by atoms with Gasteiger partial charge < -0.3 is 10.4 Å². The van der Waals surface area contributed by atoms with E-state index < -0.39 is 0 Å². The summed E-state index contributed by atoms with van der Waals surface area (Å²) in [5.74, 6) is 0.787. The third kappa shape index (κ3) is 4.16. The Balaban J connectivity index is 2.28. The van der Waals surface area contributed by atoms with Gasteiger partial charge in [-0.15, -0.1) is 0 Å². The zero-order valence-corrected chi connectivity index (χ0v) is 12.9. The lowest BCUT2D eigenvalue weighted by molar-refractivity contribution is 0.270. The summed E-state index contributed by atoms with van der Waals surface area (Å²) in [6.45, 7) is 5.29. The van der Waals surface area contributed by atoms with Crippen molar-refractivity contribution in [3.63, 3.8) is 0 Å². The molecule has 0 aliphatic carbocycles. The molecule has 0 saturated heterocycles. The van der Waals surface area contributed by atoms with Gasteiger partial charge in [-0.05, 0) is 24.0 Å². The van der Waals surface area contributed by atoms with Gasteiger partial charge in [-0.3, -0.25) is 0 Å². The molecule has 0 saturated carbocycles. The Kier molecular flexibility index (Phi) is 5.97. The quantitative estimate of drug-likeness (QED) is 0.816. The van der Waals surface area contributed by atoms with Crippen molar-refractivity contribution >= 4 is 0 Å². The molecule has 0 radical (unpaired) electrons. The lowest BCUT2D eigenvalue weighted by Gasteiger charge is -2.30. The second kappa shape index (κ2) is 7.96. The van der Waals surface area contributed by atoms with Gasteiger partial charge in [-0.2, -0.15) is 0 Å². The van der Waals surface area contributed by atoms with Crippen LogP contribution in [0.1, 0.15) is 30.9 Å². The maximum atomic E-state index is 9.01. The molecular formula is C19H25NO. The number of aliphatic hydroxyl groups is 1. The highest BCUT2D eigenvalue weighted by Gasteiger charge is 2.25. The summed E-state index contributed by atoms with van der Waals surface area (Å²) in [6, 6.07) is 21.7. The zero-order valence-electron chi connectivity index (χ0n) is 12.9. The van der Waals surface area contributed by atoms with E-state index in [2.05, 4.69) is 79.8 Å². The minimum Gasteiger partial charge on any atom is -0.395 e. The van der Waals surface area contributed by atoms with Gasteiger partial charge in [0.05, 0.1) is 6.61 Å². The van der Waals surface area contributed by atoms with Crippen LogP contribution in [0.3, 0.4) is 0 Å². The van der Waals surface area contributed by atoms with Crippen LogP contribution in [-0.2, 0) is 0 Å². The molecule has 0 spiro atoms. The summed E-state index contributed by atoms with van der Waals surface area (Å²) in [5.41, 5.74) is 2.68. The van der Waals surface area contributed by atoms with Gasteiger partial charge in [0, 0.05) is 18.5 Å². The third-order valence-electron chi connectivity index (χ3n) is 4.21. The van der Waals surface area contributed by atoms with Gasteiger partial charge in [0.2, 0.25) is 0 Å². The Morgan fingerprint density at radius 2 is 1.33 bits per heavy atom. The molecular weight excluding hydrogens is 258 g/mol. The van der Waals surface area contributed by atoms with Crippen molar-refractivity contribution in [2.24, 2.45) is 5.92 Å². The third-order valence-corrected chi connectivity index (χ3v) is 4.21. The minimum atomic E-state index is 0.179. The van der Waals surface area contributed by atoms with E-state index in [1.807, 2.05) is 0 Å². The van der Waals surface area contributed by atoms with Crippen molar-refractivity contribution in [3.8, 4) is 0 Å². The van der Waals surface area contributed by atoms with E-state index in [1.165, 1.54) is 11.1 Å². The first-order chi connectivity index (χ1) is 10.2. The first kappa shape index (κ1) is 15.7. The Bertz CT molecular complexity index is 472. The first-order valence-electron chi connectivity index (χ1n) is 7.68. The summed E-state index contributed by atoms with van der Waals surface area (Å²) in [5, 5.41) is 12.4. The maximum Gasteiger partial charge on any atom is 0.0556 e. The second-order valence-electron chi connectivity index (χ2n) is 5.62. The first-order valence-corrected chi connectivity index (χ1v) is 7.68. The molecule has 0 bridgehead atoms. The predicted octanol–water partition coefficient (Wildman–Crippen LogP) is 3.43. The van der Waals surface area contributed by atoms with Crippen LogP contribution in [0.25, 0.3) is 0 Å². The van der Waals surface area contributed by atoms with Crippen molar-refractivity contribution in [3.05, 3.63) is 71.8 Å².